The van der Waals surface area contributed by atoms with E-state index in [1.807, 2.05) is 19.9 Å². The van der Waals surface area contributed by atoms with Crippen molar-refractivity contribution in [2.75, 3.05) is 6.61 Å². The molecule has 0 heterocycles. The van der Waals surface area contributed by atoms with Gasteiger partial charge in [0.2, 0.25) is 0 Å². The van der Waals surface area contributed by atoms with Gasteiger partial charge in [-0.3, -0.25) is 0 Å². The van der Waals surface area contributed by atoms with Gasteiger partial charge in [0.1, 0.15) is 6.61 Å². The highest BCUT2D eigenvalue weighted by atomic mass is 16.5. The molecule has 0 radical (unpaired) electrons. The normalized spacial score (nSPS) is 11.5. The maximum absolute atomic E-state index is 8.27. The molecule has 13 heavy (non-hydrogen) atoms. The minimum absolute atomic E-state index is 0.227. The van der Waals surface area contributed by atoms with Crippen LogP contribution in [0.2, 0.25) is 0 Å². The van der Waals surface area contributed by atoms with Gasteiger partial charge >= 0.3 is 0 Å². The topological polar surface area (TPSA) is 33.0 Å². The van der Waals surface area contributed by atoms with Gasteiger partial charge in [-0.05, 0) is 18.8 Å². The van der Waals surface area contributed by atoms with Gasteiger partial charge in [-0.1, -0.05) is 34.6 Å². The predicted molar refractivity (Wildman–Crippen MR) is 56.4 cm³/mol. The zero-order valence-corrected chi connectivity index (χ0v) is 9.63. The molecular weight excluding hydrogens is 162 g/mol. The molecule has 0 saturated carbocycles. The Labute approximate surface area is 82.9 Å². The molecule has 0 aliphatic carbocycles. The fourth-order valence-electron chi connectivity index (χ4n) is 1.03. The minimum atomic E-state index is 0.227. The largest absolute Gasteiger partial charge is 0.363 e. The van der Waals surface area contributed by atoms with Crippen LogP contribution in [0.4, 0.5) is 0 Å². The number of nitrogens with zero attached hydrogens (tertiary/aromatic N) is 1. The first kappa shape index (κ1) is 14.9. The molecule has 0 saturated heterocycles. The lowest BCUT2D eigenvalue weighted by Gasteiger charge is -2.15. The van der Waals surface area contributed by atoms with Crippen molar-refractivity contribution in [1.29, 1.82) is 5.26 Å². The lowest BCUT2D eigenvalue weighted by Crippen LogP contribution is -2.14. The lowest BCUT2D eigenvalue weighted by molar-refractivity contribution is 0.0584. The van der Waals surface area contributed by atoms with Crippen LogP contribution in [0.5, 0.6) is 0 Å². The lowest BCUT2D eigenvalue weighted by atomic mass is 10.0. The van der Waals surface area contributed by atoms with Gasteiger partial charge in [-0.2, -0.15) is 5.26 Å². The molecule has 0 N–H and O–H groups in total. The number of hydrogen-bond donors (Lipinski definition) is 0. The molecule has 0 aromatic heterocycles. The third kappa shape index (κ3) is 11.5. The Morgan fingerprint density at radius 2 is 1.85 bits per heavy atom. The van der Waals surface area contributed by atoms with Crippen LogP contribution in [0.25, 0.3) is 0 Å². The maximum Gasteiger partial charge on any atom is 0.134 e. The summed E-state index contributed by atoms with van der Waals surface area (Å²) < 4.78 is 5.29. The summed E-state index contributed by atoms with van der Waals surface area (Å²) >= 11 is 0. The first-order chi connectivity index (χ1) is 6.20. The Morgan fingerprint density at radius 1 is 1.31 bits per heavy atom. The summed E-state index contributed by atoms with van der Waals surface area (Å²) in [5.74, 6) is 0.652. The number of ether oxygens (including phenoxy) is 1. The van der Waals surface area contributed by atoms with Gasteiger partial charge in [0.25, 0.3) is 0 Å². The van der Waals surface area contributed by atoms with E-state index in [0.717, 1.165) is 12.8 Å². The van der Waals surface area contributed by atoms with E-state index in [-0.39, 0.29) is 12.7 Å². The molecule has 0 bridgehead atoms. The third-order valence-electron chi connectivity index (χ3n) is 1.57. The standard InChI is InChI=1S/C9H17NO.C2H6/c1-4-9(7-8(2)3)11-6-5-10;1-2/h8-9H,4,6-7H2,1-3H3;1-2H3. The van der Waals surface area contributed by atoms with Crippen molar-refractivity contribution in [2.45, 2.75) is 53.6 Å². The molecule has 1 atom stereocenters. The summed E-state index contributed by atoms with van der Waals surface area (Å²) in [6, 6.07) is 1.98. The molecule has 0 aliphatic heterocycles. The van der Waals surface area contributed by atoms with Crippen LogP contribution in [-0.2, 0) is 4.74 Å². The van der Waals surface area contributed by atoms with Crippen LogP contribution < -0.4 is 0 Å². The Bertz CT molecular complexity index is 127. The van der Waals surface area contributed by atoms with Crippen LogP contribution in [-0.4, -0.2) is 12.7 Å². The molecule has 2 nitrogen and oxygen atoms in total. The Hall–Kier alpha value is -0.550. The summed E-state index contributed by atoms with van der Waals surface area (Å²) in [6.45, 7) is 10.6. The smallest absolute Gasteiger partial charge is 0.134 e. The van der Waals surface area contributed by atoms with Crippen LogP contribution >= 0.6 is 0 Å². The maximum atomic E-state index is 8.27. The fourth-order valence-corrected chi connectivity index (χ4v) is 1.03. The van der Waals surface area contributed by atoms with Crippen LogP contribution in [0, 0.1) is 17.2 Å². The van der Waals surface area contributed by atoms with E-state index in [1.165, 1.54) is 0 Å². The molecule has 1 unspecified atom stereocenters. The van der Waals surface area contributed by atoms with Crippen molar-refractivity contribution in [3.8, 4) is 6.07 Å². The monoisotopic (exact) mass is 185 g/mol. The summed E-state index contributed by atoms with van der Waals surface area (Å²) in [6.07, 6.45) is 2.33. The van der Waals surface area contributed by atoms with E-state index in [4.69, 9.17) is 10.00 Å². The Morgan fingerprint density at radius 3 is 2.15 bits per heavy atom. The molecule has 0 aliphatic rings. The van der Waals surface area contributed by atoms with Crippen LogP contribution in [0.15, 0.2) is 0 Å². The van der Waals surface area contributed by atoms with Gasteiger partial charge in [0.15, 0.2) is 0 Å². The zero-order valence-electron chi connectivity index (χ0n) is 9.63. The van der Waals surface area contributed by atoms with Crippen molar-refractivity contribution in [1.82, 2.24) is 0 Å². The molecule has 0 aromatic rings. The van der Waals surface area contributed by atoms with Crippen molar-refractivity contribution in [3.63, 3.8) is 0 Å². The van der Waals surface area contributed by atoms with Crippen molar-refractivity contribution >= 4 is 0 Å². The number of rotatable bonds is 5. The average Bonchev–Trinajstić information content (AvgIpc) is 2.15. The molecule has 0 amide bonds. The molecule has 2 heteroatoms. The highest BCUT2D eigenvalue weighted by Gasteiger charge is 2.07. The highest BCUT2D eigenvalue weighted by molar-refractivity contribution is 4.69. The Balaban J connectivity index is 0. The SMILES string of the molecule is CC.CCC(CC(C)C)OCC#N. The highest BCUT2D eigenvalue weighted by Crippen LogP contribution is 2.10. The fraction of sp³-hybridized carbons (Fsp3) is 0.909. The Kier molecular flexibility index (Phi) is 13.2. The minimum Gasteiger partial charge on any atom is -0.363 e. The third-order valence-corrected chi connectivity index (χ3v) is 1.57. The molecule has 0 rings (SSSR count). The van der Waals surface area contributed by atoms with Crippen molar-refractivity contribution < 1.29 is 4.74 Å². The van der Waals surface area contributed by atoms with Gasteiger partial charge in [-0.15, -0.1) is 0 Å². The second-order valence-electron chi connectivity index (χ2n) is 3.13. The van der Waals surface area contributed by atoms with Gasteiger partial charge in [0, 0.05) is 0 Å². The van der Waals surface area contributed by atoms with Crippen LogP contribution in [0.1, 0.15) is 47.5 Å². The van der Waals surface area contributed by atoms with E-state index in [9.17, 15) is 0 Å². The van der Waals surface area contributed by atoms with Crippen LogP contribution in [0.3, 0.4) is 0 Å². The zero-order chi connectivity index (χ0) is 10.7. The first-order valence-corrected chi connectivity index (χ1v) is 5.19. The summed E-state index contributed by atoms with van der Waals surface area (Å²) in [5.41, 5.74) is 0. The second-order valence-corrected chi connectivity index (χ2v) is 3.13. The van der Waals surface area contributed by atoms with Gasteiger partial charge in [0.05, 0.1) is 12.2 Å². The van der Waals surface area contributed by atoms with Gasteiger partial charge in [-0.25, -0.2) is 0 Å². The molecule has 78 valence electrons. The molecule has 0 spiro atoms. The van der Waals surface area contributed by atoms with E-state index in [0.29, 0.717) is 5.92 Å². The number of nitriles is 1. The predicted octanol–water partition coefficient (Wildman–Crippen LogP) is 3.38. The number of hydrogen-bond acceptors (Lipinski definition) is 2. The summed E-state index contributed by atoms with van der Waals surface area (Å²) in [5, 5.41) is 8.27. The van der Waals surface area contributed by atoms with E-state index in [2.05, 4.69) is 20.8 Å². The molecule has 0 fully saturated rings. The van der Waals surface area contributed by atoms with E-state index in [1.54, 1.807) is 0 Å². The summed E-state index contributed by atoms with van der Waals surface area (Å²) in [7, 11) is 0. The molecule has 0 aromatic carbocycles. The second kappa shape index (κ2) is 11.4. The summed E-state index contributed by atoms with van der Waals surface area (Å²) in [4.78, 5) is 0. The quantitative estimate of drug-likeness (QED) is 0.658. The van der Waals surface area contributed by atoms with E-state index < -0.39 is 0 Å². The first-order valence-electron chi connectivity index (χ1n) is 5.19. The van der Waals surface area contributed by atoms with E-state index >= 15 is 0 Å². The average molecular weight is 185 g/mol. The van der Waals surface area contributed by atoms with Gasteiger partial charge < -0.3 is 4.74 Å². The molecular formula is C11H23NO. The van der Waals surface area contributed by atoms with Crippen molar-refractivity contribution in [2.24, 2.45) is 5.92 Å². The van der Waals surface area contributed by atoms with Crippen molar-refractivity contribution in [3.05, 3.63) is 0 Å².